The van der Waals surface area contributed by atoms with Gasteiger partial charge in [0.2, 0.25) is 0 Å². The van der Waals surface area contributed by atoms with Gasteiger partial charge in [-0.2, -0.15) is 0 Å². The van der Waals surface area contributed by atoms with Crippen molar-refractivity contribution in [3.8, 4) is 0 Å². The first-order chi connectivity index (χ1) is 8.66. The highest BCUT2D eigenvalue weighted by atomic mass is 32.2. The second-order valence-electron chi connectivity index (χ2n) is 4.45. The third-order valence-corrected chi connectivity index (χ3v) is 3.77. The molecular formula is C14H18N2OS. The fourth-order valence-electron chi connectivity index (χ4n) is 1.55. The van der Waals surface area contributed by atoms with Crippen molar-refractivity contribution in [2.45, 2.75) is 43.3 Å². The van der Waals surface area contributed by atoms with Crippen LogP contribution in [0, 0.1) is 6.92 Å². The highest BCUT2D eigenvalue weighted by molar-refractivity contribution is 7.99. The minimum Gasteiger partial charge on any atom is -0.468 e. The van der Waals surface area contributed by atoms with Crippen molar-refractivity contribution in [1.82, 2.24) is 10.3 Å². The SMILES string of the molecule is Cc1occc1Sc1ncccc1CNC(C)C. The largest absolute Gasteiger partial charge is 0.468 e. The Bertz CT molecular complexity index is 508. The number of hydrogen-bond acceptors (Lipinski definition) is 4. The van der Waals surface area contributed by atoms with Crippen molar-refractivity contribution in [2.75, 3.05) is 0 Å². The molecule has 2 heterocycles. The Morgan fingerprint density at radius 2 is 2.22 bits per heavy atom. The van der Waals surface area contributed by atoms with Crippen molar-refractivity contribution in [1.29, 1.82) is 0 Å². The highest BCUT2D eigenvalue weighted by Crippen LogP contribution is 2.31. The molecule has 2 rings (SSSR count). The third-order valence-electron chi connectivity index (χ3n) is 2.57. The second-order valence-corrected chi connectivity index (χ2v) is 5.48. The zero-order chi connectivity index (χ0) is 13.0. The number of aromatic nitrogens is 1. The number of hydrogen-bond donors (Lipinski definition) is 1. The summed E-state index contributed by atoms with van der Waals surface area (Å²) >= 11 is 1.65. The van der Waals surface area contributed by atoms with Crippen LogP contribution in [-0.2, 0) is 6.54 Å². The van der Waals surface area contributed by atoms with Gasteiger partial charge in [-0.3, -0.25) is 0 Å². The average Bonchev–Trinajstić information content (AvgIpc) is 2.74. The Labute approximate surface area is 112 Å². The fourth-order valence-corrected chi connectivity index (χ4v) is 2.46. The van der Waals surface area contributed by atoms with Crippen LogP contribution in [-0.4, -0.2) is 11.0 Å². The van der Waals surface area contributed by atoms with Gasteiger partial charge < -0.3 is 9.73 Å². The van der Waals surface area contributed by atoms with E-state index >= 15 is 0 Å². The molecule has 3 nitrogen and oxygen atoms in total. The molecule has 2 aromatic rings. The van der Waals surface area contributed by atoms with Crippen LogP contribution in [0.1, 0.15) is 25.2 Å². The molecule has 0 aromatic carbocycles. The van der Waals surface area contributed by atoms with Crippen LogP contribution >= 0.6 is 11.8 Å². The van der Waals surface area contributed by atoms with Gasteiger partial charge in [0.05, 0.1) is 11.2 Å². The summed E-state index contributed by atoms with van der Waals surface area (Å²) in [6, 6.07) is 6.54. The molecule has 0 aliphatic rings. The first-order valence-corrected chi connectivity index (χ1v) is 6.87. The molecule has 0 saturated carbocycles. The summed E-state index contributed by atoms with van der Waals surface area (Å²) in [5.74, 6) is 0.938. The first-order valence-electron chi connectivity index (χ1n) is 6.06. The Morgan fingerprint density at radius 3 is 2.89 bits per heavy atom. The predicted octanol–water partition coefficient (Wildman–Crippen LogP) is 3.63. The van der Waals surface area contributed by atoms with E-state index in [0.717, 1.165) is 22.2 Å². The van der Waals surface area contributed by atoms with E-state index in [4.69, 9.17) is 4.42 Å². The van der Waals surface area contributed by atoms with Crippen LogP contribution in [0.5, 0.6) is 0 Å². The Balaban J connectivity index is 2.14. The van der Waals surface area contributed by atoms with Gasteiger partial charge in [-0.25, -0.2) is 4.98 Å². The van der Waals surface area contributed by atoms with Gasteiger partial charge in [0, 0.05) is 18.8 Å². The summed E-state index contributed by atoms with van der Waals surface area (Å²) < 4.78 is 5.31. The topological polar surface area (TPSA) is 38.1 Å². The minimum absolute atomic E-state index is 0.471. The molecule has 4 heteroatoms. The van der Waals surface area contributed by atoms with Crippen LogP contribution < -0.4 is 5.32 Å². The molecule has 0 amide bonds. The molecule has 0 aliphatic heterocycles. The monoisotopic (exact) mass is 262 g/mol. The summed E-state index contributed by atoms with van der Waals surface area (Å²) in [6.07, 6.45) is 3.54. The van der Waals surface area contributed by atoms with Crippen LogP contribution in [0.25, 0.3) is 0 Å². The lowest BCUT2D eigenvalue weighted by Crippen LogP contribution is -2.22. The Hall–Kier alpha value is -1.26. The quantitative estimate of drug-likeness (QED) is 0.893. The van der Waals surface area contributed by atoms with Crippen molar-refractivity contribution >= 4 is 11.8 Å². The molecule has 0 fully saturated rings. The molecule has 0 radical (unpaired) electrons. The fraction of sp³-hybridized carbons (Fsp3) is 0.357. The zero-order valence-corrected chi connectivity index (χ0v) is 11.8. The molecular weight excluding hydrogens is 244 g/mol. The summed E-state index contributed by atoms with van der Waals surface area (Å²) in [5.41, 5.74) is 1.22. The van der Waals surface area contributed by atoms with E-state index in [2.05, 4.69) is 30.2 Å². The lowest BCUT2D eigenvalue weighted by molar-refractivity contribution is 0.527. The molecule has 0 aliphatic carbocycles. The maximum absolute atomic E-state index is 5.31. The summed E-state index contributed by atoms with van der Waals surface area (Å²) in [6.45, 7) is 7.09. The average molecular weight is 262 g/mol. The van der Waals surface area contributed by atoms with Crippen LogP contribution in [0.15, 0.2) is 45.0 Å². The molecule has 2 aromatic heterocycles. The normalized spacial score (nSPS) is 11.1. The summed E-state index contributed by atoms with van der Waals surface area (Å²) in [5, 5.41) is 4.46. The van der Waals surface area contributed by atoms with Crippen LogP contribution in [0.4, 0.5) is 0 Å². The van der Waals surface area contributed by atoms with Gasteiger partial charge in [0.15, 0.2) is 0 Å². The minimum atomic E-state index is 0.471. The van der Waals surface area contributed by atoms with Crippen molar-refractivity contribution in [2.24, 2.45) is 0 Å². The van der Waals surface area contributed by atoms with E-state index in [1.807, 2.05) is 25.3 Å². The van der Waals surface area contributed by atoms with Gasteiger partial charge in [0.1, 0.15) is 10.8 Å². The molecule has 0 unspecified atom stereocenters. The van der Waals surface area contributed by atoms with E-state index in [0.29, 0.717) is 6.04 Å². The molecule has 18 heavy (non-hydrogen) atoms. The van der Waals surface area contributed by atoms with Gasteiger partial charge in [-0.1, -0.05) is 31.7 Å². The second kappa shape index (κ2) is 6.07. The molecule has 0 spiro atoms. The van der Waals surface area contributed by atoms with Gasteiger partial charge in [0.25, 0.3) is 0 Å². The first kappa shape index (κ1) is 13.2. The van der Waals surface area contributed by atoms with Crippen LogP contribution in [0.3, 0.4) is 0 Å². The maximum atomic E-state index is 5.31. The van der Waals surface area contributed by atoms with E-state index in [1.54, 1.807) is 18.0 Å². The van der Waals surface area contributed by atoms with Crippen molar-refractivity contribution in [3.63, 3.8) is 0 Å². The van der Waals surface area contributed by atoms with Gasteiger partial charge in [-0.15, -0.1) is 0 Å². The van der Waals surface area contributed by atoms with E-state index < -0.39 is 0 Å². The van der Waals surface area contributed by atoms with Crippen molar-refractivity contribution < 1.29 is 4.42 Å². The molecule has 0 saturated heterocycles. The number of pyridine rings is 1. The molecule has 0 atom stereocenters. The van der Waals surface area contributed by atoms with Crippen LogP contribution in [0.2, 0.25) is 0 Å². The summed E-state index contributed by atoms with van der Waals surface area (Å²) in [4.78, 5) is 5.58. The number of furan rings is 1. The third kappa shape index (κ3) is 3.37. The number of nitrogens with zero attached hydrogens (tertiary/aromatic N) is 1. The number of aryl methyl sites for hydroxylation is 1. The van der Waals surface area contributed by atoms with Crippen molar-refractivity contribution in [3.05, 3.63) is 42.0 Å². The lowest BCUT2D eigenvalue weighted by Gasteiger charge is -2.11. The number of rotatable bonds is 5. The summed E-state index contributed by atoms with van der Waals surface area (Å²) in [7, 11) is 0. The Morgan fingerprint density at radius 1 is 1.39 bits per heavy atom. The predicted molar refractivity (Wildman–Crippen MR) is 73.8 cm³/mol. The standard InChI is InChI=1S/C14H18N2OS/c1-10(2)16-9-12-5-4-7-15-14(12)18-13-6-8-17-11(13)3/h4-8,10,16H,9H2,1-3H3. The van der Waals surface area contributed by atoms with Gasteiger partial charge >= 0.3 is 0 Å². The molecule has 0 bridgehead atoms. The maximum Gasteiger partial charge on any atom is 0.114 e. The van der Waals surface area contributed by atoms with E-state index in [1.165, 1.54) is 5.56 Å². The lowest BCUT2D eigenvalue weighted by atomic mass is 10.2. The van der Waals surface area contributed by atoms with E-state index in [9.17, 15) is 0 Å². The molecule has 96 valence electrons. The van der Waals surface area contributed by atoms with Gasteiger partial charge in [-0.05, 0) is 24.6 Å². The molecule has 1 N–H and O–H groups in total. The zero-order valence-electron chi connectivity index (χ0n) is 10.9. The van der Waals surface area contributed by atoms with E-state index in [-0.39, 0.29) is 0 Å². The number of nitrogens with one attached hydrogen (secondary N) is 1. The smallest absolute Gasteiger partial charge is 0.114 e. The Kier molecular flexibility index (Phi) is 4.44. The highest BCUT2D eigenvalue weighted by Gasteiger charge is 2.09.